The Balaban J connectivity index is 1.55. The lowest BCUT2D eigenvalue weighted by molar-refractivity contribution is -0.124. The number of nitrogens with zero attached hydrogens (tertiary/aromatic N) is 3. The van der Waals surface area contributed by atoms with Gasteiger partial charge in [0.1, 0.15) is 11.0 Å². The number of ether oxygens (including phenoxy) is 1. The number of amides is 1. The van der Waals surface area contributed by atoms with Crippen molar-refractivity contribution in [3.63, 3.8) is 0 Å². The van der Waals surface area contributed by atoms with Crippen LogP contribution in [0, 0.1) is 29.1 Å². The zero-order valence-corrected chi connectivity index (χ0v) is 26.2. The second kappa shape index (κ2) is 13.4. The SMILES string of the molecule is CC1CCC(C(=O)N(c2cc(C#CC(C)(C)C)sc2C(=O)O)C2CCC(Oc3ccc(CN(C)C)cn3)CC2)CC1. The van der Waals surface area contributed by atoms with Gasteiger partial charge >= 0.3 is 5.97 Å². The van der Waals surface area contributed by atoms with Crippen LogP contribution >= 0.6 is 11.3 Å². The third kappa shape index (κ3) is 8.56. The quantitative estimate of drug-likeness (QED) is 0.345. The van der Waals surface area contributed by atoms with E-state index in [9.17, 15) is 14.7 Å². The minimum absolute atomic E-state index is 0.0144. The number of aromatic carboxylic acids is 1. The van der Waals surface area contributed by atoms with Gasteiger partial charge < -0.3 is 19.6 Å². The second-order valence-electron chi connectivity index (χ2n) is 13.1. The molecule has 7 nitrogen and oxygen atoms in total. The minimum Gasteiger partial charge on any atom is -0.477 e. The van der Waals surface area contributed by atoms with Crippen LogP contribution in [0.4, 0.5) is 5.69 Å². The summed E-state index contributed by atoms with van der Waals surface area (Å²) in [5, 5.41) is 10.1. The number of carbonyl (C=O) groups excluding carboxylic acids is 1. The molecule has 41 heavy (non-hydrogen) atoms. The molecule has 0 radical (unpaired) electrons. The molecule has 0 unspecified atom stereocenters. The molecule has 4 rings (SSSR count). The van der Waals surface area contributed by atoms with Gasteiger partial charge in [-0.15, -0.1) is 11.3 Å². The minimum atomic E-state index is -1.01. The van der Waals surface area contributed by atoms with E-state index in [1.807, 2.05) is 64.2 Å². The molecule has 2 aromatic heterocycles. The van der Waals surface area contributed by atoms with Crippen LogP contribution in [-0.4, -0.2) is 53.1 Å². The Morgan fingerprint density at radius 3 is 2.32 bits per heavy atom. The first-order valence-electron chi connectivity index (χ1n) is 14.9. The van der Waals surface area contributed by atoms with Gasteiger partial charge in [0, 0.05) is 36.2 Å². The van der Waals surface area contributed by atoms with Gasteiger partial charge in [-0.05, 0) is 104 Å². The molecule has 0 atom stereocenters. The summed E-state index contributed by atoms with van der Waals surface area (Å²) in [5.41, 5.74) is 1.43. The summed E-state index contributed by atoms with van der Waals surface area (Å²) < 4.78 is 6.23. The summed E-state index contributed by atoms with van der Waals surface area (Å²) in [7, 11) is 4.06. The number of carboxylic acids is 1. The number of hydrogen-bond donors (Lipinski definition) is 1. The first-order valence-corrected chi connectivity index (χ1v) is 15.7. The summed E-state index contributed by atoms with van der Waals surface area (Å²) in [4.78, 5) is 35.9. The maximum Gasteiger partial charge on any atom is 0.348 e. The number of rotatable bonds is 8. The van der Waals surface area contributed by atoms with E-state index in [0.29, 0.717) is 22.4 Å². The van der Waals surface area contributed by atoms with E-state index in [2.05, 4.69) is 28.6 Å². The molecule has 2 heterocycles. The molecule has 2 fully saturated rings. The third-order valence-corrected chi connectivity index (χ3v) is 8.95. The Labute approximate surface area is 249 Å². The summed E-state index contributed by atoms with van der Waals surface area (Å²) in [6, 6.07) is 5.73. The monoisotopic (exact) mass is 579 g/mol. The highest BCUT2D eigenvalue weighted by atomic mass is 32.1. The maximum atomic E-state index is 14.1. The lowest BCUT2D eigenvalue weighted by Crippen LogP contribution is -2.47. The number of thiophene rings is 1. The van der Waals surface area contributed by atoms with Crippen molar-refractivity contribution in [1.29, 1.82) is 0 Å². The van der Waals surface area contributed by atoms with Crippen LogP contribution in [0.2, 0.25) is 0 Å². The number of carboxylic acid groups (broad SMARTS) is 1. The summed E-state index contributed by atoms with van der Waals surface area (Å²) in [6.07, 6.45) is 8.69. The van der Waals surface area contributed by atoms with Crippen molar-refractivity contribution >= 4 is 28.9 Å². The van der Waals surface area contributed by atoms with Crippen molar-refractivity contribution in [3.05, 3.63) is 39.7 Å². The molecule has 0 bridgehead atoms. The van der Waals surface area contributed by atoms with Crippen LogP contribution in [0.25, 0.3) is 0 Å². The Morgan fingerprint density at radius 1 is 1.07 bits per heavy atom. The van der Waals surface area contributed by atoms with Crippen LogP contribution in [0.1, 0.15) is 99.2 Å². The second-order valence-corrected chi connectivity index (χ2v) is 14.1. The molecule has 0 aromatic carbocycles. The molecule has 8 heteroatoms. The van der Waals surface area contributed by atoms with Crippen LogP contribution in [0.15, 0.2) is 24.4 Å². The Hall–Kier alpha value is -2.89. The molecule has 0 aliphatic heterocycles. The van der Waals surface area contributed by atoms with E-state index in [4.69, 9.17) is 4.74 Å². The summed E-state index contributed by atoms with van der Waals surface area (Å²) in [6.45, 7) is 9.15. The van der Waals surface area contributed by atoms with Crippen molar-refractivity contribution in [2.24, 2.45) is 17.3 Å². The van der Waals surface area contributed by atoms with Crippen molar-refractivity contribution in [3.8, 4) is 17.7 Å². The lowest BCUT2D eigenvalue weighted by atomic mass is 9.81. The zero-order chi connectivity index (χ0) is 29.7. The highest BCUT2D eigenvalue weighted by Gasteiger charge is 2.38. The van der Waals surface area contributed by atoms with Crippen LogP contribution in [0.3, 0.4) is 0 Å². The van der Waals surface area contributed by atoms with Gasteiger partial charge in [-0.2, -0.15) is 0 Å². The first kappa shape index (κ1) is 31.1. The zero-order valence-electron chi connectivity index (χ0n) is 25.4. The van der Waals surface area contributed by atoms with E-state index in [0.717, 1.165) is 63.5 Å². The van der Waals surface area contributed by atoms with Gasteiger partial charge in [0.05, 0.1) is 10.6 Å². The normalized spacial score (nSPS) is 23.0. The van der Waals surface area contributed by atoms with E-state index < -0.39 is 5.97 Å². The first-order chi connectivity index (χ1) is 19.4. The van der Waals surface area contributed by atoms with Crippen molar-refractivity contribution in [2.45, 2.75) is 97.8 Å². The molecule has 2 aliphatic carbocycles. The molecule has 0 saturated heterocycles. The van der Waals surface area contributed by atoms with Gasteiger partial charge in [0.2, 0.25) is 11.8 Å². The molecular formula is C33H45N3O4S. The fourth-order valence-corrected chi connectivity index (χ4v) is 6.60. The number of carbonyl (C=O) groups is 2. The van der Waals surface area contributed by atoms with Gasteiger partial charge in [0.25, 0.3) is 0 Å². The number of hydrogen-bond acceptors (Lipinski definition) is 6. The Morgan fingerprint density at radius 2 is 1.76 bits per heavy atom. The summed E-state index contributed by atoms with van der Waals surface area (Å²) in [5.74, 6) is 6.61. The Bertz CT molecular complexity index is 1250. The van der Waals surface area contributed by atoms with E-state index >= 15 is 0 Å². The summed E-state index contributed by atoms with van der Waals surface area (Å²) >= 11 is 1.17. The highest BCUT2D eigenvalue weighted by Crippen LogP contribution is 2.39. The average molecular weight is 580 g/mol. The van der Waals surface area contributed by atoms with Gasteiger partial charge in [-0.1, -0.05) is 24.8 Å². The van der Waals surface area contributed by atoms with Gasteiger partial charge in [-0.25, -0.2) is 9.78 Å². The predicted molar refractivity (Wildman–Crippen MR) is 165 cm³/mol. The molecule has 1 N–H and O–H groups in total. The van der Waals surface area contributed by atoms with Crippen molar-refractivity contribution in [1.82, 2.24) is 9.88 Å². The topological polar surface area (TPSA) is 83.0 Å². The largest absolute Gasteiger partial charge is 0.477 e. The third-order valence-electron chi connectivity index (χ3n) is 7.92. The van der Waals surface area contributed by atoms with E-state index in [1.54, 1.807) is 0 Å². The molecule has 2 aliphatic rings. The van der Waals surface area contributed by atoms with Crippen LogP contribution in [0.5, 0.6) is 5.88 Å². The molecule has 0 spiro atoms. The van der Waals surface area contributed by atoms with E-state index in [-0.39, 0.29) is 34.3 Å². The van der Waals surface area contributed by atoms with Gasteiger partial charge in [0.15, 0.2) is 0 Å². The molecule has 222 valence electrons. The number of pyridine rings is 1. The van der Waals surface area contributed by atoms with E-state index in [1.165, 1.54) is 11.3 Å². The molecule has 2 aromatic rings. The van der Waals surface area contributed by atoms with Crippen molar-refractivity contribution in [2.75, 3.05) is 19.0 Å². The number of anilines is 1. The van der Waals surface area contributed by atoms with Gasteiger partial charge in [-0.3, -0.25) is 4.79 Å². The maximum absolute atomic E-state index is 14.1. The predicted octanol–water partition coefficient (Wildman–Crippen LogP) is 6.85. The molecule has 1 amide bonds. The smallest absolute Gasteiger partial charge is 0.348 e. The van der Waals surface area contributed by atoms with Crippen LogP contribution in [-0.2, 0) is 11.3 Å². The Kier molecular flexibility index (Phi) is 10.1. The fraction of sp³-hybridized carbons (Fsp3) is 0.606. The van der Waals surface area contributed by atoms with Crippen LogP contribution < -0.4 is 9.64 Å². The number of aromatic nitrogens is 1. The average Bonchev–Trinajstić information content (AvgIpc) is 3.34. The molecule has 2 saturated carbocycles. The van der Waals surface area contributed by atoms with Crippen molar-refractivity contribution < 1.29 is 19.4 Å². The molecular weight excluding hydrogens is 534 g/mol. The lowest BCUT2D eigenvalue weighted by Gasteiger charge is -2.39. The highest BCUT2D eigenvalue weighted by molar-refractivity contribution is 7.15. The fourth-order valence-electron chi connectivity index (χ4n) is 5.75. The standard InChI is InChI=1S/C33H45N3O4S/c1-22-7-10-24(11-8-22)31(37)36(28-19-27(17-18-33(2,3)4)41-30(28)32(38)39)25-12-14-26(15-13-25)40-29-16-9-23(20-34-29)21-35(5)6/h9,16,19-20,22,24-26H,7-8,10-15,21H2,1-6H3,(H,38,39).